The topological polar surface area (TPSA) is 0 Å². The highest BCUT2D eigenvalue weighted by molar-refractivity contribution is 5.90. The monoisotopic (exact) mass is 887 g/mol. The van der Waals surface area contributed by atoms with Gasteiger partial charge in [-0.05, 0) is 110 Å². The van der Waals surface area contributed by atoms with Gasteiger partial charge in [0.25, 0.3) is 0 Å². The lowest BCUT2D eigenvalue weighted by atomic mass is 9.78. The molecule has 0 atom stereocenters. The first-order valence-corrected chi connectivity index (χ1v) is 24.8. The average molecular weight is 887 g/mol. The van der Waals surface area contributed by atoms with E-state index in [-0.39, 0.29) is 43.3 Å². The van der Waals surface area contributed by atoms with Gasteiger partial charge in [-0.1, -0.05) is 300 Å². The predicted octanol–water partition coefficient (Wildman–Crippen LogP) is 19.9. The van der Waals surface area contributed by atoms with Crippen LogP contribution in [0.25, 0.3) is 21.9 Å². The van der Waals surface area contributed by atoms with Crippen LogP contribution in [0.3, 0.4) is 0 Å². The van der Waals surface area contributed by atoms with Gasteiger partial charge in [0.05, 0.1) is 0 Å². The highest BCUT2D eigenvalue weighted by atomic mass is 14.3. The predicted molar refractivity (Wildman–Crippen MR) is 298 cm³/mol. The van der Waals surface area contributed by atoms with E-state index in [0.717, 1.165) is 0 Å². The summed E-state index contributed by atoms with van der Waals surface area (Å²) in [6.45, 7) is 54.2. The van der Waals surface area contributed by atoms with Gasteiger partial charge in [-0.3, -0.25) is 0 Å². The molecule has 0 saturated heterocycles. The normalized spacial score (nSPS) is 12.8. The molecule has 66 heavy (non-hydrogen) atoms. The third-order valence-electron chi connectivity index (χ3n) is 12.6. The van der Waals surface area contributed by atoms with Gasteiger partial charge in [-0.25, -0.2) is 0 Å². The molecule has 0 N–H and O–H groups in total. The lowest BCUT2D eigenvalue weighted by Crippen LogP contribution is -2.15. The molecule has 0 amide bonds. The third-order valence-corrected chi connectivity index (χ3v) is 12.6. The summed E-state index contributed by atoms with van der Waals surface area (Å²) in [6.07, 6.45) is 0. The van der Waals surface area contributed by atoms with E-state index < -0.39 is 0 Å². The molecule has 6 aromatic rings. The van der Waals surface area contributed by atoms with Crippen molar-refractivity contribution in [2.75, 3.05) is 0 Å². The number of fused-ring (bicyclic) bond motifs is 1. The zero-order chi connectivity index (χ0) is 50.5. The first kappa shape index (κ1) is 55.9. The minimum absolute atomic E-state index is 0.190. The van der Waals surface area contributed by atoms with E-state index in [1.165, 1.54) is 66.4 Å². The van der Waals surface area contributed by atoms with E-state index in [1.807, 2.05) is 0 Å². The molecule has 0 bridgehead atoms. The van der Waals surface area contributed by atoms with E-state index in [2.05, 4.69) is 300 Å². The molecule has 0 aliphatic rings. The van der Waals surface area contributed by atoms with Crippen molar-refractivity contribution in [2.45, 2.75) is 209 Å². The van der Waals surface area contributed by atoms with Crippen molar-refractivity contribution in [3.05, 3.63) is 178 Å². The number of rotatable bonds is 1. The van der Waals surface area contributed by atoms with Gasteiger partial charge in [0.2, 0.25) is 0 Å². The van der Waals surface area contributed by atoms with E-state index in [1.54, 1.807) is 0 Å². The number of hydrogen-bond acceptors (Lipinski definition) is 0. The SMILES string of the molecule is CC(C)(C)c1ccc(-c2ccc(C(C)(C)C)cc2)cc1.CC(C)(C)c1ccc(C(C)(C)C)c2ccccc12.CC(C)(C)c1ccc(C(C)(C)C)cc1.CC(C)(C)c1cccc(C(C)(C)C)c1. The molecule has 0 heterocycles. The molecule has 6 rings (SSSR count). The summed E-state index contributed by atoms with van der Waals surface area (Å²) < 4.78 is 0. The summed E-state index contributed by atoms with van der Waals surface area (Å²) in [5.41, 5.74) is 15.7. The van der Waals surface area contributed by atoms with Crippen LogP contribution in [-0.4, -0.2) is 0 Å². The standard InChI is InChI=1S/C20H26.C18H24.2C14H22/c1-19(2,3)17-11-7-15(8-12-17)16-9-13-18(14-10-16)20(4,5)6;1-17(2,3)15-11-12-16(18(4,5)6)14-10-8-7-9-13(14)15;1-13(2,3)11-7-9-12(10-8-11)14(4,5)6;1-13(2,3)11-8-7-9-12(10-11)14(4,5)6/h7-14H,1-6H3;7-12H,1-6H3;2*7-10H,1-6H3. The molecule has 0 aliphatic carbocycles. The molecule has 0 saturated carbocycles. The summed E-state index contributed by atoms with van der Waals surface area (Å²) in [7, 11) is 0. The van der Waals surface area contributed by atoms with Crippen molar-refractivity contribution < 1.29 is 0 Å². The molecule has 6 aromatic carbocycles. The van der Waals surface area contributed by atoms with Crippen LogP contribution in [0, 0.1) is 0 Å². The Labute approximate surface area is 407 Å². The Hall–Kier alpha value is -4.42. The smallest absolute Gasteiger partial charge is 0.0126 e. The molecule has 358 valence electrons. The van der Waals surface area contributed by atoms with Crippen molar-refractivity contribution in [3.8, 4) is 11.1 Å². The fraction of sp³-hybridized carbons (Fsp3) is 0.485. The Bertz CT molecular complexity index is 2240. The Morgan fingerprint density at radius 1 is 0.197 bits per heavy atom. The Morgan fingerprint density at radius 3 is 0.636 bits per heavy atom. The molecule has 0 aliphatic heterocycles. The highest BCUT2D eigenvalue weighted by Gasteiger charge is 2.23. The largest absolute Gasteiger partial charge is 0.0617 e. The molecule has 0 nitrogen and oxygen atoms in total. The van der Waals surface area contributed by atoms with E-state index >= 15 is 0 Å². The second-order valence-corrected chi connectivity index (χ2v) is 27.0. The van der Waals surface area contributed by atoms with Crippen molar-refractivity contribution in [1.29, 1.82) is 0 Å². The summed E-state index contributed by atoms with van der Waals surface area (Å²) in [5, 5.41) is 2.80. The molecular formula is C66H94. The van der Waals surface area contributed by atoms with Crippen molar-refractivity contribution in [3.63, 3.8) is 0 Å². The average Bonchev–Trinajstić information content (AvgIpc) is 3.19. The molecule has 0 radical (unpaired) electrons. The summed E-state index contributed by atoms with van der Waals surface area (Å²) in [4.78, 5) is 0. The maximum absolute atomic E-state index is 2.33. The van der Waals surface area contributed by atoms with Crippen LogP contribution in [-0.2, 0) is 43.3 Å². The van der Waals surface area contributed by atoms with Gasteiger partial charge in [0, 0.05) is 0 Å². The maximum atomic E-state index is 2.33. The van der Waals surface area contributed by atoms with E-state index in [0.29, 0.717) is 0 Å². The third kappa shape index (κ3) is 16.4. The van der Waals surface area contributed by atoms with Crippen LogP contribution in [0.5, 0.6) is 0 Å². The first-order chi connectivity index (χ1) is 29.8. The van der Waals surface area contributed by atoms with Crippen LogP contribution < -0.4 is 0 Å². The number of benzene rings is 6. The molecule has 0 unspecified atom stereocenters. The zero-order valence-electron chi connectivity index (χ0n) is 46.7. The Balaban J connectivity index is 0.000000236. The minimum Gasteiger partial charge on any atom is -0.0617 e. The van der Waals surface area contributed by atoms with E-state index in [9.17, 15) is 0 Å². The molecule has 0 aromatic heterocycles. The highest BCUT2D eigenvalue weighted by Crippen LogP contribution is 2.37. The van der Waals surface area contributed by atoms with Gasteiger partial charge in [-0.2, -0.15) is 0 Å². The Morgan fingerprint density at radius 2 is 0.424 bits per heavy atom. The van der Waals surface area contributed by atoms with Crippen molar-refractivity contribution in [2.24, 2.45) is 0 Å². The van der Waals surface area contributed by atoms with Crippen molar-refractivity contribution >= 4 is 10.8 Å². The number of hydrogen-bond donors (Lipinski definition) is 0. The van der Waals surface area contributed by atoms with Gasteiger partial charge in [-0.15, -0.1) is 0 Å². The van der Waals surface area contributed by atoms with Crippen molar-refractivity contribution in [1.82, 2.24) is 0 Å². The van der Waals surface area contributed by atoms with Crippen LogP contribution in [0.2, 0.25) is 0 Å². The molecule has 0 spiro atoms. The quantitative estimate of drug-likeness (QED) is 0.154. The van der Waals surface area contributed by atoms with Crippen LogP contribution in [0.1, 0.15) is 211 Å². The second kappa shape index (κ2) is 20.8. The van der Waals surface area contributed by atoms with Crippen LogP contribution in [0.15, 0.2) is 133 Å². The van der Waals surface area contributed by atoms with Gasteiger partial charge >= 0.3 is 0 Å². The van der Waals surface area contributed by atoms with Gasteiger partial charge in [0.1, 0.15) is 0 Å². The summed E-state index contributed by atoms with van der Waals surface area (Å²) in [6, 6.07) is 49.2. The van der Waals surface area contributed by atoms with Crippen LogP contribution >= 0.6 is 0 Å². The summed E-state index contributed by atoms with van der Waals surface area (Å²) in [5.74, 6) is 0. The minimum atomic E-state index is 0.190. The maximum Gasteiger partial charge on any atom is -0.0126 e. The lowest BCUT2D eigenvalue weighted by Gasteiger charge is -2.26. The fourth-order valence-corrected chi connectivity index (χ4v) is 7.85. The first-order valence-electron chi connectivity index (χ1n) is 24.8. The zero-order valence-corrected chi connectivity index (χ0v) is 46.7. The fourth-order valence-electron chi connectivity index (χ4n) is 7.85. The lowest BCUT2D eigenvalue weighted by molar-refractivity contribution is 0.568. The van der Waals surface area contributed by atoms with E-state index in [4.69, 9.17) is 0 Å². The van der Waals surface area contributed by atoms with Gasteiger partial charge < -0.3 is 0 Å². The molecule has 0 fully saturated rings. The summed E-state index contributed by atoms with van der Waals surface area (Å²) >= 11 is 0. The molecule has 0 heteroatoms. The Kier molecular flexibility index (Phi) is 17.7. The second-order valence-electron chi connectivity index (χ2n) is 27.0. The molecular weight excluding hydrogens is 793 g/mol. The van der Waals surface area contributed by atoms with Gasteiger partial charge in [0.15, 0.2) is 0 Å². The van der Waals surface area contributed by atoms with Crippen LogP contribution in [0.4, 0.5) is 0 Å².